The summed E-state index contributed by atoms with van der Waals surface area (Å²) in [7, 11) is 3.48. The third-order valence-corrected chi connectivity index (χ3v) is 20.6. The lowest BCUT2D eigenvalue weighted by atomic mass is 9.49. The van der Waals surface area contributed by atoms with Gasteiger partial charge in [0, 0.05) is 42.8 Å². The molecule has 7 aromatic rings. The van der Waals surface area contributed by atoms with Gasteiger partial charge in [-0.2, -0.15) is 0 Å². The number of aromatic hydroxyl groups is 6. The van der Waals surface area contributed by atoms with Gasteiger partial charge in [-0.1, -0.05) is 47.5 Å². The van der Waals surface area contributed by atoms with Crippen LogP contribution in [0.15, 0.2) is 115 Å². The molecule has 15 N–H and O–H groups in total. The van der Waals surface area contributed by atoms with E-state index in [1.54, 1.807) is 19.0 Å². The zero-order chi connectivity index (χ0) is 72.6. The summed E-state index contributed by atoms with van der Waals surface area (Å²) < 4.78 is 18.9. The molecule has 0 saturated heterocycles. The van der Waals surface area contributed by atoms with E-state index in [0.717, 1.165) is 67.8 Å². The number of hydroxylamine groups is 1. The Morgan fingerprint density at radius 3 is 1.80 bits per heavy atom. The van der Waals surface area contributed by atoms with E-state index in [1.807, 2.05) is 0 Å². The smallest absolute Gasteiger partial charge is 0.330 e. The zero-order valence-electron chi connectivity index (χ0n) is 54.9. The SMILES string of the molecule is CN(C)CCNC(=O)[C@H]1NC(=O)[C@H]2NC(=O)[C@H](NC(=O)[C@@H]3NC(=O)[C@H]4NC(=O)[C@@H](Cc5ccc(c(Cl)c5)Oc5cc3cc(c5O)Oc3ccc(cc3Cl)[C@H]2O)NC(=O)[C@H](NOC(=O)C23CC5CC(CC(C5)C2)C3)c2ccc(O)c(c2)Oc2cc(O)cc4c2)c2ccc(O)c(c2)-c2c(O)cc(O)cc21. The van der Waals surface area contributed by atoms with Crippen molar-refractivity contribution in [1.29, 1.82) is 0 Å². The third-order valence-electron chi connectivity index (χ3n) is 20.0. The van der Waals surface area contributed by atoms with E-state index < -0.39 is 154 Å². The molecule has 0 spiro atoms. The van der Waals surface area contributed by atoms with Gasteiger partial charge in [0.05, 0.1) is 15.5 Å². The molecule has 30 heteroatoms. The highest BCUT2D eigenvalue weighted by Gasteiger charge is 2.56. The van der Waals surface area contributed by atoms with Crippen molar-refractivity contribution in [3.8, 4) is 80.1 Å². The van der Waals surface area contributed by atoms with E-state index in [0.29, 0.717) is 43.6 Å². The minimum atomic E-state index is -2.19. The lowest BCUT2D eigenvalue weighted by Gasteiger charge is -2.55. The topological polar surface area (TPSA) is 415 Å². The number of hydrogen-bond donors (Lipinski definition) is 15. The number of aliphatic hydroxyl groups is 1. The first-order chi connectivity index (χ1) is 49.2. The normalized spacial score (nSPS) is 25.6. The van der Waals surface area contributed by atoms with E-state index >= 15 is 28.8 Å². The minimum absolute atomic E-state index is 0.000408. The van der Waals surface area contributed by atoms with Gasteiger partial charge in [-0.3, -0.25) is 33.6 Å². The molecule has 4 aliphatic carbocycles. The summed E-state index contributed by atoms with van der Waals surface area (Å²) in [5.74, 6) is -13.3. The van der Waals surface area contributed by atoms with Crippen LogP contribution in [-0.2, 0) is 49.6 Å². The molecule has 21 bridgehead atoms. The summed E-state index contributed by atoms with van der Waals surface area (Å²) in [4.78, 5) is 130. The van der Waals surface area contributed by atoms with Gasteiger partial charge < -0.3 is 96.9 Å². The molecule has 4 saturated carbocycles. The number of aliphatic hydroxyl groups excluding tert-OH is 1. The highest BCUT2D eigenvalue weighted by molar-refractivity contribution is 6.32. The van der Waals surface area contributed by atoms with E-state index in [2.05, 4.69) is 42.7 Å². The van der Waals surface area contributed by atoms with Crippen LogP contribution in [0.4, 0.5) is 0 Å². The molecule has 103 heavy (non-hydrogen) atoms. The summed E-state index contributed by atoms with van der Waals surface area (Å²) in [5, 5.41) is 100. The molecule has 0 radical (unpaired) electrons. The van der Waals surface area contributed by atoms with Gasteiger partial charge >= 0.3 is 5.97 Å². The number of phenolic OH excluding ortho intramolecular Hbond substituents is 6. The lowest BCUT2D eigenvalue weighted by molar-refractivity contribution is -0.181. The fourth-order valence-electron chi connectivity index (χ4n) is 15.4. The van der Waals surface area contributed by atoms with Crippen molar-refractivity contribution in [3.05, 3.63) is 164 Å². The summed E-state index contributed by atoms with van der Waals surface area (Å²) in [5.41, 5.74) is 0.287. The van der Waals surface area contributed by atoms with Crippen molar-refractivity contribution in [2.45, 2.75) is 93.3 Å². The fourth-order valence-corrected chi connectivity index (χ4v) is 15.9. The second kappa shape index (κ2) is 27.4. The van der Waals surface area contributed by atoms with Crippen molar-refractivity contribution in [2.75, 3.05) is 27.2 Å². The molecule has 6 heterocycles. The first-order valence-electron chi connectivity index (χ1n) is 33.2. The quantitative estimate of drug-likeness (QED) is 0.0723. The summed E-state index contributed by atoms with van der Waals surface area (Å²) in [6.45, 7) is 0.294. The number of carbonyl (C=O) groups is 8. The second-order valence-corrected chi connectivity index (χ2v) is 28.3. The van der Waals surface area contributed by atoms with Crippen LogP contribution in [0, 0.1) is 23.2 Å². The Balaban J connectivity index is 0.913. The van der Waals surface area contributed by atoms with Crippen LogP contribution in [0.2, 0.25) is 10.0 Å². The molecule has 10 aliphatic rings. The molecule has 7 aromatic carbocycles. The molecule has 0 aromatic heterocycles. The Hall–Kier alpha value is -11.0. The number of ether oxygens (including phenoxy) is 3. The molecule has 4 fully saturated rings. The number of fused-ring (bicyclic) bond motifs is 14. The van der Waals surface area contributed by atoms with Crippen molar-refractivity contribution in [1.82, 2.24) is 47.6 Å². The Morgan fingerprint density at radius 2 is 1.14 bits per heavy atom. The maximum absolute atomic E-state index is 16.1. The molecule has 534 valence electrons. The monoisotopic (exact) mass is 1450 g/mol. The van der Waals surface area contributed by atoms with Crippen molar-refractivity contribution in [2.24, 2.45) is 23.2 Å². The highest BCUT2D eigenvalue weighted by atomic mass is 35.5. The molecular weight excluding hydrogens is 1380 g/mol. The fraction of sp³-hybridized carbons (Fsp3) is 0.315. The predicted octanol–water partition coefficient (Wildman–Crippen LogP) is 6.88. The highest BCUT2D eigenvalue weighted by Crippen LogP contribution is 2.61. The average molecular weight is 1450 g/mol. The van der Waals surface area contributed by atoms with E-state index in [9.17, 15) is 45.3 Å². The number of phenols is 6. The van der Waals surface area contributed by atoms with E-state index in [-0.39, 0.29) is 89.7 Å². The summed E-state index contributed by atoms with van der Waals surface area (Å²) in [6.07, 6.45) is 2.42. The zero-order valence-corrected chi connectivity index (χ0v) is 56.4. The standard InChI is InChI=1S/C73H69Cl2N9O19/c1-84(2)12-11-76-66(93)61-44-26-41(86)27-50(89)56(44)43-20-35(4-7-48(43)87)57-67(94)82-62(71(98)81-61)63(90)37-6-10-52(46(75)21-37)102-55-24-39-23-54(64(55)91)101-51-9-3-31(16-45(51)74)17-47-65(92)78-58(68(95)80-59(39)69(96)79-57)38-18-40(85)25-42(19-38)100-53-22-36(5-8-49(53)88)60(70(97)77-47)83-103-72(99)73-28-32-13-33(29-73)15-34(14-32)30-73/h3-10,16,18-27,32-34,47,57-63,83,85-91H,11-15,17,28-30H2,1-2H3,(H,76,93)(H,77,97)(H,78,92)(H,79,96)(H,80,95)(H,81,98)(H,82,94)/t32?,33?,34?,47-,57-,58+,59-,60-,61+,62+,63-,73?/m1/s1. The number of rotatable bonds is 7. The molecule has 0 unspecified atom stereocenters. The Bertz CT molecular complexity index is 4670. The predicted molar refractivity (Wildman–Crippen MR) is 365 cm³/mol. The number of likely N-dealkylation sites (N-methyl/N-ethyl adjacent to an activating group) is 1. The summed E-state index contributed by atoms with van der Waals surface area (Å²) in [6, 6.07) is 9.04. The van der Waals surface area contributed by atoms with Gasteiger partial charge in [-0.25, -0.2) is 4.79 Å². The lowest BCUT2D eigenvalue weighted by Crippen LogP contribution is -2.56. The second-order valence-electron chi connectivity index (χ2n) is 27.5. The number of hydrogen-bond acceptors (Lipinski definition) is 21. The summed E-state index contributed by atoms with van der Waals surface area (Å²) >= 11 is 14.0. The molecule has 17 rings (SSSR count). The maximum Gasteiger partial charge on any atom is 0.330 e. The minimum Gasteiger partial charge on any atom is -0.508 e. The van der Waals surface area contributed by atoms with Crippen LogP contribution < -0.4 is 56.9 Å². The van der Waals surface area contributed by atoms with Gasteiger partial charge in [-0.05, 0) is 188 Å². The average Bonchev–Trinajstić information content (AvgIpc) is 0.750. The maximum atomic E-state index is 16.1. The van der Waals surface area contributed by atoms with Crippen LogP contribution in [0.1, 0.15) is 114 Å². The van der Waals surface area contributed by atoms with Crippen molar-refractivity contribution < 1.29 is 93.2 Å². The van der Waals surface area contributed by atoms with Gasteiger partial charge in [0.1, 0.15) is 88.6 Å². The Labute approximate surface area is 596 Å². The van der Waals surface area contributed by atoms with Gasteiger partial charge in [0.15, 0.2) is 23.0 Å². The Kier molecular flexibility index (Phi) is 18.4. The Morgan fingerprint density at radius 1 is 0.553 bits per heavy atom. The van der Waals surface area contributed by atoms with Crippen LogP contribution >= 0.6 is 23.2 Å². The number of nitrogens with one attached hydrogen (secondary N) is 8. The van der Waals surface area contributed by atoms with Crippen LogP contribution in [0.5, 0.6) is 69.0 Å². The largest absolute Gasteiger partial charge is 0.508 e. The number of carbonyl (C=O) groups excluding carboxylic acids is 8. The third kappa shape index (κ3) is 13.7. The first-order valence-corrected chi connectivity index (χ1v) is 33.9. The van der Waals surface area contributed by atoms with E-state index in [4.69, 9.17) is 42.3 Å². The molecule has 6 aliphatic heterocycles. The van der Waals surface area contributed by atoms with Crippen LogP contribution in [-0.4, -0.2) is 127 Å². The van der Waals surface area contributed by atoms with Crippen molar-refractivity contribution >= 4 is 70.5 Å². The molecular formula is C73H69Cl2N9O19. The number of nitrogens with zero attached hydrogens (tertiary/aromatic N) is 1. The van der Waals surface area contributed by atoms with Gasteiger partial charge in [0.25, 0.3) is 0 Å². The van der Waals surface area contributed by atoms with Gasteiger partial charge in [0.2, 0.25) is 47.1 Å². The molecule has 28 nitrogen and oxygen atoms in total. The first kappa shape index (κ1) is 69.1. The number of halogens is 2. The number of benzene rings is 7. The molecule has 7 amide bonds. The van der Waals surface area contributed by atoms with Crippen LogP contribution in [0.3, 0.4) is 0 Å². The van der Waals surface area contributed by atoms with E-state index in [1.165, 1.54) is 66.7 Å². The number of amides is 7. The van der Waals surface area contributed by atoms with Gasteiger partial charge in [-0.15, -0.1) is 5.48 Å². The molecule has 8 atom stereocenters. The van der Waals surface area contributed by atoms with Crippen LogP contribution in [0.25, 0.3) is 11.1 Å². The van der Waals surface area contributed by atoms with Crippen molar-refractivity contribution in [3.63, 3.8) is 0 Å².